The quantitative estimate of drug-likeness (QED) is 0.765. The maximum Gasteiger partial charge on any atom is 0.255 e. The lowest BCUT2D eigenvalue weighted by atomic mass is 10.2. The summed E-state index contributed by atoms with van der Waals surface area (Å²) in [5.74, 6) is 0.748. The van der Waals surface area contributed by atoms with Crippen LogP contribution in [0.2, 0.25) is 0 Å². The summed E-state index contributed by atoms with van der Waals surface area (Å²) in [5, 5.41) is 12.1. The van der Waals surface area contributed by atoms with Crippen molar-refractivity contribution in [2.45, 2.75) is 39.7 Å². The number of nitrogens with one attached hydrogen (secondary N) is 1. The summed E-state index contributed by atoms with van der Waals surface area (Å²) < 4.78 is 0. The van der Waals surface area contributed by atoms with E-state index in [1.54, 1.807) is 17.2 Å². The van der Waals surface area contributed by atoms with Gasteiger partial charge in [0.15, 0.2) is 0 Å². The molecule has 0 spiro atoms. The van der Waals surface area contributed by atoms with Crippen molar-refractivity contribution in [2.24, 2.45) is 0 Å². The highest BCUT2D eigenvalue weighted by molar-refractivity contribution is 5.94. The van der Waals surface area contributed by atoms with E-state index in [1.807, 2.05) is 19.9 Å². The Kier molecular flexibility index (Phi) is 7.01. The normalized spacial score (nSPS) is 10.7. The smallest absolute Gasteiger partial charge is 0.255 e. The van der Waals surface area contributed by atoms with E-state index in [9.17, 15) is 4.79 Å². The van der Waals surface area contributed by atoms with Crippen LogP contribution in [0.3, 0.4) is 0 Å². The molecular formula is C15H25N3O2. The van der Waals surface area contributed by atoms with Crippen LogP contribution < -0.4 is 5.32 Å². The topological polar surface area (TPSA) is 65.5 Å². The van der Waals surface area contributed by atoms with Gasteiger partial charge in [-0.3, -0.25) is 4.79 Å². The Balaban J connectivity index is 2.73. The number of carbonyl (C=O) groups excluding carboxylic acids is 1. The van der Waals surface area contributed by atoms with Crippen LogP contribution in [0, 0.1) is 0 Å². The SMILES string of the molecule is CCCNc1ccc(C(=O)N(CCCO)C(C)C)cn1. The summed E-state index contributed by atoms with van der Waals surface area (Å²) in [6.45, 7) is 7.55. The van der Waals surface area contributed by atoms with Crippen LogP contribution in [0.5, 0.6) is 0 Å². The Morgan fingerprint density at radius 3 is 2.70 bits per heavy atom. The Morgan fingerprint density at radius 2 is 2.20 bits per heavy atom. The van der Waals surface area contributed by atoms with Gasteiger partial charge in [0.05, 0.1) is 5.56 Å². The Labute approximate surface area is 121 Å². The molecule has 5 heteroatoms. The number of carbonyl (C=O) groups is 1. The second-order valence-corrected chi connectivity index (χ2v) is 5.03. The summed E-state index contributed by atoms with van der Waals surface area (Å²) >= 11 is 0. The van der Waals surface area contributed by atoms with E-state index in [0.717, 1.165) is 18.8 Å². The number of nitrogens with zero attached hydrogens (tertiary/aromatic N) is 2. The predicted octanol–water partition coefficient (Wildman–Crippen LogP) is 2.14. The van der Waals surface area contributed by atoms with E-state index in [-0.39, 0.29) is 18.6 Å². The first kappa shape index (κ1) is 16.4. The zero-order chi connectivity index (χ0) is 15.0. The Bertz CT molecular complexity index is 404. The molecule has 0 bridgehead atoms. The van der Waals surface area contributed by atoms with Crippen LogP contribution >= 0.6 is 0 Å². The molecule has 0 saturated heterocycles. The third kappa shape index (κ3) is 4.81. The van der Waals surface area contributed by atoms with Gasteiger partial charge in [-0.2, -0.15) is 0 Å². The van der Waals surface area contributed by atoms with Gasteiger partial charge in [0.25, 0.3) is 5.91 Å². The van der Waals surface area contributed by atoms with E-state index in [2.05, 4.69) is 17.2 Å². The van der Waals surface area contributed by atoms with E-state index in [4.69, 9.17) is 5.11 Å². The highest BCUT2D eigenvalue weighted by Crippen LogP contribution is 2.11. The van der Waals surface area contributed by atoms with E-state index in [1.165, 1.54) is 0 Å². The van der Waals surface area contributed by atoms with E-state index in [0.29, 0.717) is 18.5 Å². The van der Waals surface area contributed by atoms with Crippen LogP contribution in [0.1, 0.15) is 44.0 Å². The average Bonchev–Trinajstić information content (AvgIpc) is 2.45. The number of aliphatic hydroxyl groups excluding tert-OH is 1. The van der Waals surface area contributed by atoms with Crippen molar-refractivity contribution < 1.29 is 9.90 Å². The number of amides is 1. The number of hydrogen-bond acceptors (Lipinski definition) is 4. The molecule has 1 heterocycles. The number of aromatic nitrogens is 1. The van der Waals surface area contributed by atoms with Crippen LogP contribution in [0.15, 0.2) is 18.3 Å². The molecule has 1 aromatic heterocycles. The van der Waals surface area contributed by atoms with Gasteiger partial charge < -0.3 is 15.3 Å². The Morgan fingerprint density at radius 1 is 1.45 bits per heavy atom. The van der Waals surface area contributed by atoms with Crippen LogP contribution in [0.25, 0.3) is 0 Å². The second-order valence-electron chi connectivity index (χ2n) is 5.03. The zero-order valence-corrected chi connectivity index (χ0v) is 12.6. The fourth-order valence-electron chi connectivity index (χ4n) is 1.88. The largest absolute Gasteiger partial charge is 0.396 e. The minimum atomic E-state index is -0.0389. The lowest BCUT2D eigenvalue weighted by Gasteiger charge is -2.26. The predicted molar refractivity (Wildman–Crippen MR) is 80.9 cm³/mol. The molecule has 0 atom stereocenters. The summed E-state index contributed by atoms with van der Waals surface area (Å²) in [6, 6.07) is 3.72. The molecule has 0 aromatic carbocycles. The van der Waals surface area contributed by atoms with Gasteiger partial charge in [-0.15, -0.1) is 0 Å². The zero-order valence-electron chi connectivity index (χ0n) is 12.6. The number of rotatable bonds is 8. The van der Waals surface area contributed by atoms with Gasteiger partial charge >= 0.3 is 0 Å². The summed E-state index contributed by atoms with van der Waals surface area (Å²) in [6.07, 6.45) is 3.23. The van der Waals surface area contributed by atoms with Gasteiger partial charge in [-0.1, -0.05) is 6.92 Å². The minimum Gasteiger partial charge on any atom is -0.396 e. The fraction of sp³-hybridized carbons (Fsp3) is 0.600. The number of anilines is 1. The first-order chi connectivity index (χ1) is 9.60. The lowest BCUT2D eigenvalue weighted by molar-refractivity contribution is 0.0692. The molecule has 0 radical (unpaired) electrons. The highest BCUT2D eigenvalue weighted by atomic mass is 16.3. The molecular weight excluding hydrogens is 254 g/mol. The van der Waals surface area contributed by atoms with Gasteiger partial charge in [-0.25, -0.2) is 4.98 Å². The van der Waals surface area contributed by atoms with Crippen molar-refractivity contribution >= 4 is 11.7 Å². The van der Waals surface area contributed by atoms with E-state index >= 15 is 0 Å². The van der Waals surface area contributed by atoms with Gasteiger partial charge in [0.2, 0.25) is 0 Å². The molecule has 112 valence electrons. The third-order valence-corrected chi connectivity index (χ3v) is 3.01. The summed E-state index contributed by atoms with van der Waals surface area (Å²) in [5.41, 5.74) is 0.582. The third-order valence-electron chi connectivity index (χ3n) is 3.01. The highest BCUT2D eigenvalue weighted by Gasteiger charge is 2.18. The van der Waals surface area contributed by atoms with Crippen LogP contribution in [-0.2, 0) is 0 Å². The average molecular weight is 279 g/mol. The molecule has 0 aliphatic carbocycles. The van der Waals surface area contributed by atoms with Crippen molar-refractivity contribution in [3.63, 3.8) is 0 Å². The van der Waals surface area contributed by atoms with Gasteiger partial charge in [0.1, 0.15) is 5.82 Å². The standard InChI is InChI=1S/C15H25N3O2/c1-4-8-16-14-7-6-13(11-17-14)15(20)18(12(2)3)9-5-10-19/h6-7,11-12,19H,4-5,8-10H2,1-3H3,(H,16,17). The van der Waals surface area contributed by atoms with Gasteiger partial charge in [0, 0.05) is 31.9 Å². The molecule has 5 nitrogen and oxygen atoms in total. The molecule has 0 aliphatic heterocycles. The summed E-state index contributed by atoms with van der Waals surface area (Å²) in [4.78, 5) is 18.4. The summed E-state index contributed by atoms with van der Waals surface area (Å²) in [7, 11) is 0. The second kappa shape index (κ2) is 8.53. The number of pyridine rings is 1. The number of hydrogen-bond donors (Lipinski definition) is 2. The monoisotopic (exact) mass is 279 g/mol. The fourth-order valence-corrected chi connectivity index (χ4v) is 1.88. The van der Waals surface area contributed by atoms with Gasteiger partial charge in [-0.05, 0) is 38.8 Å². The molecule has 1 amide bonds. The molecule has 0 unspecified atom stereocenters. The molecule has 1 aromatic rings. The van der Waals surface area contributed by atoms with Crippen molar-refractivity contribution in [1.82, 2.24) is 9.88 Å². The van der Waals surface area contributed by atoms with Crippen LogP contribution in [-0.4, -0.2) is 46.6 Å². The first-order valence-electron chi connectivity index (χ1n) is 7.21. The number of aliphatic hydroxyl groups is 1. The van der Waals surface area contributed by atoms with Crippen molar-refractivity contribution in [2.75, 3.05) is 25.0 Å². The molecule has 0 aliphatic rings. The van der Waals surface area contributed by atoms with Crippen molar-refractivity contribution in [3.8, 4) is 0 Å². The minimum absolute atomic E-state index is 0.0389. The van der Waals surface area contributed by atoms with Crippen molar-refractivity contribution in [1.29, 1.82) is 0 Å². The Hall–Kier alpha value is -1.62. The maximum absolute atomic E-state index is 12.4. The molecule has 0 saturated carbocycles. The maximum atomic E-state index is 12.4. The molecule has 1 rings (SSSR count). The molecule has 2 N–H and O–H groups in total. The first-order valence-corrected chi connectivity index (χ1v) is 7.21. The lowest BCUT2D eigenvalue weighted by Crippen LogP contribution is -2.38. The molecule has 0 fully saturated rings. The van der Waals surface area contributed by atoms with Crippen LogP contribution in [0.4, 0.5) is 5.82 Å². The van der Waals surface area contributed by atoms with E-state index < -0.39 is 0 Å². The molecule has 20 heavy (non-hydrogen) atoms. The van der Waals surface area contributed by atoms with Crippen molar-refractivity contribution in [3.05, 3.63) is 23.9 Å².